The zero-order valence-electron chi connectivity index (χ0n) is 12.2. The maximum atomic E-state index is 12.8. The Morgan fingerprint density at radius 1 is 1.05 bits per heavy atom. The summed E-state index contributed by atoms with van der Waals surface area (Å²) < 4.78 is 27.2. The Morgan fingerprint density at radius 3 is 2.67 bits per heavy atom. The van der Waals surface area contributed by atoms with E-state index in [2.05, 4.69) is 15.2 Å². The lowest BCUT2D eigenvalue weighted by atomic mass is 10.3. The van der Waals surface area contributed by atoms with Crippen LogP contribution in [-0.2, 0) is 10.0 Å². The van der Waals surface area contributed by atoms with Gasteiger partial charge < -0.3 is 10.2 Å². The minimum absolute atomic E-state index is 0.355. The highest BCUT2D eigenvalue weighted by Crippen LogP contribution is 2.28. The molecule has 0 aromatic carbocycles. The highest BCUT2D eigenvalue weighted by molar-refractivity contribution is 7.89. The van der Waals surface area contributed by atoms with Crippen LogP contribution in [0.5, 0.6) is 0 Å². The van der Waals surface area contributed by atoms with Gasteiger partial charge in [0.15, 0.2) is 0 Å². The lowest BCUT2D eigenvalue weighted by molar-refractivity contribution is 0.477. The Kier molecular flexibility index (Phi) is 4.42. The molecule has 0 spiro atoms. The Hall–Kier alpha value is -1.18. The summed E-state index contributed by atoms with van der Waals surface area (Å²) in [5.74, 6) is 0.605. The number of rotatable bonds is 3. The van der Waals surface area contributed by atoms with Crippen LogP contribution >= 0.6 is 0 Å². The second kappa shape index (κ2) is 6.29. The van der Waals surface area contributed by atoms with Crippen molar-refractivity contribution >= 4 is 15.8 Å². The monoisotopic (exact) mass is 310 g/mol. The Balaban J connectivity index is 1.95. The van der Waals surface area contributed by atoms with E-state index in [1.54, 1.807) is 22.6 Å². The number of sulfonamides is 1. The molecule has 1 N–H and O–H groups in total. The first-order chi connectivity index (χ1) is 10.2. The quantitative estimate of drug-likeness (QED) is 0.889. The van der Waals surface area contributed by atoms with Crippen molar-refractivity contribution in [2.45, 2.75) is 24.2 Å². The van der Waals surface area contributed by atoms with Crippen LogP contribution in [0.1, 0.15) is 19.3 Å². The number of nitrogens with one attached hydrogen (secondary N) is 1. The number of aromatic nitrogens is 1. The van der Waals surface area contributed by atoms with Crippen LogP contribution in [-0.4, -0.2) is 57.0 Å². The molecule has 2 aliphatic heterocycles. The number of nitrogens with zero attached hydrogens (tertiary/aromatic N) is 3. The fourth-order valence-electron chi connectivity index (χ4n) is 2.95. The van der Waals surface area contributed by atoms with Crippen molar-refractivity contribution < 1.29 is 8.42 Å². The molecule has 0 atom stereocenters. The van der Waals surface area contributed by atoms with Crippen LogP contribution < -0.4 is 10.2 Å². The number of pyridine rings is 1. The third-order valence-corrected chi connectivity index (χ3v) is 5.99. The van der Waals surface area contributed by atoms with E-state index in [-0.39, 0.29) is 0 Å². The van der Waals surface area contributed by atoms with Gasteiger partial charge in [0.1, 0.15) is 10.7 Å². The Labute approximate surface area is 126 Å². The fraction of sp³-hybridized carbons (Fsp3) is 0.643. The van der Waals surface area contributed by atoms with E-state index < -0.39 is 10.0 Å². The van der Waals surface area contributed by atoms with Crippen molar-refractivity contribution in [2.24, 2.45) is 0 Å². The van der Waals surface area contributed by atoms with E-state index >= 15 is 0 Å². The Morgan fingerprint density at radius 2 is 1.86 bits per heavy atom. The maximum absolute atomic E-state index is 12.8. The smallest absolute Gasteiger partial charge is 0.246 e. The zero-order chi connectivity index (χ0) is 14.7. The molecule has 21 heavy (non-hydrogen) atoms. The molecule has 0 bridgehead atoms. The molecular formula is C14H22N4O2S. The largest absolute Gasteiger partial charge is 0.354 e. The minimum Gasteiger partial charge on any atom is -0.354 e. The van der Waals surface area contributed by atoms with Crippen LogP contribution in [0, 0.1) is 0 Å². The first-order valence-electron chi connectivity index (χ1n) is 7.60. The van der Waals surface area contributed by atoms with Crippen LogP contribution in [0.4, 0.5) is 5.82 Å². The van der Waals surface area contributed by atoms with Gasteiger partial charge in [-0.2, -0.15) is 4.31 Å². The summed E-state index contributed by atoms with van der Waals surface area (Å²) in [7, 11) is -3.42. The summed E-state index contributed by atoms with van der Waals surface area (Å²) >= 11 is 0. The lowest BCUT2D eigenvalue weighted by Crippen LogP contribution is -2.33. The molecule has 116 valence electrons. The minimum atomic E-state index is -3.42. The van der Waals surface area contributed by atoms with Crippen molar-refractivity contribution in [2.75, 3.05) is 44.2 Å². The lowest BCUT2D eigenvalue weighted by Gasteiger charge is -2.25. The van der Waals surface area contributed by atoms with Gasteiger partial charge in [-0.25, -0.2) is 13.4 Å². The SMILES string of the molecule is O=S(=O)(c1cccnc1N1CCCNCC1)N1CCCC1. The summed E-state index contributed by atoms with van der Waals surface area (Å²) in [4.78, 5) is 6.82. The number of hydrogen-bond donors (Lipinski definition) is 1. The molecule has 2 fully saturated rings. The second-order valence-corrected chi connectivity index (χ2v) is 7.43. The molecule has 0 unspecified atom stereocenters. The molecule has 0 aliphatic carbocycles. The van der Waals surface area contributed by atoms with Gasteiger partial charge in [0.2, 0.25) is 10.0 Å². The third-order valence-electron chi connectivity index (χ3n) is 4.07. The predicted molar refractivity (Wildman–Crippen MR) is 81.9 cm³/mol. The average molecular weight is 310 g/mol. The van der Waals surface area contributed by atoms with Gasteiger partial charge in [0, 0.05) is 38.9 Å². The molecule has 6 nitrogen and oxygen atoms in total. The van der Waals surface area contributed by atoms with Gasteiger partial charge in [0.05, 0.1) is 0 Å². The predicted octanol–water partition coefficient (Wildman–Crippen LogP) is 0.666. The van der Waals surface area contributed by atoms with Crippen molar-refractivity contribution in [1.82, 2.24) is 14.6 Å². The molecule has 0 radical (unpaired) electrons. The van der Waals surface area contributed by atoms with Crippen LogP contribution in [0.3, 0.4) is 0 Å². The summed E-state index contributed by atoms with van der Waals surface area (Å²) in [6, 6.07) is 3.40. The molecule has 3 heterocycles. The molecular weight excluding hydrogens is 288 g/mol. The topological polar surface area (TPSA) is 65.5 Å². The van der Waals surface area contributed by atoms with Gasteiger partial charge in [-0.1, -0.05) is 0 Å². The average Bonchev–Trinajstić information content (AvgIpc) is 2.91. The summed E-state index contributed by atoms with van der Waals surface area (Å²) in [5, 5.41) is 3.33. The fourth-order valence-corrected chi connectivity index (χ4v) is 4.63. The Bertz CT molecular complexity index is 576. The summed E-state index contributed by atoms with van der Waals surface area (Å²) in [5.41, 5.74) is 0. The highest BCUT2D eigenvalue weighted by atomic mass is 32.2. The van der Waals surface area contributed by atoms with Crippen molar-refractivity contribution in [1.29, 1.82) is 0 Å². The molecule has 1 aromatic heterocycles. The third kappa shape index (κ3) is 3.04. The van der Waals surface area contributed by atoms with E-state index in [0.29, 0.717) is 23.8 Å². The van der Waals surface area contributed by atoms with Gasteiger partial charge in [-0.15, -0.1) is 0 Å². The molecule has 0 saturated carbocycles. The number of anilines is 1. The van der Waals surface area contributed by atoms with Gasteiger partial charge in [-0.3, -0.25) is 0 Å². The van der Waals surface area contributed by atoms with E-state index in [0.717, 1.165) is 45.4 Å². The van der Waals surface area contributed by atoms with E-state index in [1.807, 2.05) is 0 Å². The molecule has 3 rings (SSSR count). The molecule has 2 saturated heterocycles. The normalized spacial score (nSPS) is 21.4. The standard InChI is InChI=1S/C14H22N4O2S/c19-21(20,18-10-1-2-11-18)13-5-3-7-16-14(13)17-9-4-6-15-8-12-17/h3,5,7,15H,1-2,4,6,8-12H2. The first kappa shape index (κ1) is 14.7. The van der Waals surface area contributed by atoms with E-state index in [1.165, 1.54) is 0 Å². The van der Waals surface area contributed by atoms with E-state index in [9.17, 15) is 8.42 Å². The van der Waals surface area contributed by atoms with Crippen LogP contribution in [0.2, 0.25) is 0 Å². The van der Waals surface area contributed by atoms with E-state index in [4.69, 9.17) is 0 Å². The van der Waals surface area contributed by atoms with Gasteiger partial charge >= 0.3 is 0 Å². The van der Waals surface area contributed by atoms with Crippen LogP contribution in [0.25, 0.3) is 0 Å². The maximum Gasteiger partial charge on any atom is 0.246 e. The molecule has 7 heteroatoms. The molecule has 0 amide bonds. The van der Waals surface area contributed by atoms with Gasteiger partial charge in [0.25, 0.3) is 0 Å². The van der Waals surface area contributed by atoms with Crippen LogP contribution in [0.15, 0.2) is 23.2 Å². The van der Waals surface area contributed by atoms with Crippen molar-refractivity contribution in [3.8, 4) is 0 Å². The second-order valence-electron chi connectivity index (χ2n) is 5.53. The first-order valence-corrected chi connectivity index (χ1v) is 9.04. The zero-order valence-corrected chi connectivity index (χ0v) is 13.0. The van der Waals surface area contributed by atoms with Crippen molar-refractivity contribution in [3.05, 3.63) is 18.3 Å². The van der Waals surface area contributed by atoms with Gasteiger partial charge in [-0.05, 0) is 37.9 Å². The molecule has 2 aliphatic rings. The highest BCUT2D eigenvalue weighted by Gasteiger charge is 2.31. The number of hydrogen-bond acceptors (Lipinski definition) is 5. The van der Waals surface area contributed by atoms with Crippen molar-refractivity contribution in [3.63, 3.8) is 0 Å². The summed E-state index contributed by atoms with van der Waals surface area (Å²) in [6.07, 6.45) is 4.57. The summed E-state index contributed by atoms with van der Waals surface area (Å²) in [6.45, 7) is 4.71. The molecule has 1 aromatic rings.